The largest absolute Gasteiger partial charge is 0.490 e. The average molecular weight is 723 g/mol. The topological polar surface area (TPSA) is 53.5 Å². The number of aryl methyl sites for hydroxylation is 1. The number of hydrogen-bond acceptors (Lipinski definition) is 5. The van der Waals surface area contributed by atoms with E-state index < -0.39 is 55.5 Å². The van der Waals surface area contributed by atoms with Crippen molar-refractivity contribution in [1.29, 1.82) is 0 Å². The van der Waals surface area contributed by atoms with Gasteiger partial charge < -0.3 is 9.47 Å². The summed E-state index contributed by atoms with van der Waals surface area (Å²) < 4.78 is 194. The number of nitrogens with zero attached hydrogens (tertiary/aromatic N) is 2. The van der Waals surface area contributed by atoms with E-state index in [1.807, 2.05) is 16.9 Å². The van der Waals surface area contributed by atoms with Crippen LogP contribution in [0.1, 0.15) is 57.4 Å². The molecule has 1 aromatic carbocycles. The summed E-state index contributed by atoms with van der Waals surface area (Å²) in [6, 6.07) is 7.23. The molecule has 0 saturated heterocycles. The van der Waals surface area contributed by atoms with E-state index in [1.165, 1.54) is 19.3 Å². The molecule has 1 atom stereocenters. The molecule has 2 aromatic rings. The molecule has 0 saturated carbocycles. The lowest BCUT2D eigenvalue weighted by Gasteiger charge is -2.36. The van der Waals surface area contributed by atoms with E-state index in [0.29, 0.717) is 63.1 Å². The number of alkyl halides is 14. The van der Waals surface area contributed by atoms with Crippen molar-refractivity contribution in [3.05, 3.63) is 42.2 Å². The Bertz CT molecular complexity index is 1240. The Morgan fingerprint density at radius 1 is 0.667 bits per heavy atom. The van der Waals surface area contributed by atoms with Gasteiger partial charge in [-0.15, -0.1) is 0 Å². The summed E-state index contributed by atoms with van der Waals surface area (Å²) >= 11 is 0. The maximum Gasteiger partial charge on any atom is 0.460 e. The zero-order chi connectivity index (χ0) is 36.4. The minimum absolute atomic E-state index is 0.00135. The Balaban J connectivity index is 1.72. The first-order valence-corrected chi connectivity index (χ1v) is 14.5. The Kier molecular flexibility index (Phi) is 14.3. The SMILES string of the molecule is C[C@@H](F)CCCCOc1cnc(-c2ccc(CCCCCCOCC(F)(F)C(F)(F)OC(F)(F)C(F)(F)C(F)(F)C(F)(F)F)cc2)nc1. The number of aromatic nitrogens is 2. The zero-order valence-corrected chi connectivity index (χ0v) is 25.2. The average Bonchev–Trinajstić information content (AvgIpc) is 2.97. The van der Waals surface area contributed by atoms with Crippen LogP contribution in [-0.4, -0.2) is 72.1 Å². The van der Waals surface area contributed by atoms with Crippen molar-refractivity contribution in [2.45, 2.75) is 101 Å². The van der Waals surface area contributed by atoms with Crippen LogP contribution in [0.25, 0.3) is 11.4 Å². The first-order valence-electron chi connectivity index (χ1n) is 14.5. The van der Waals surface area contributed by atoms with E-state index in [4.69, 9.17) is 4.74 Å². The lowest BCUT2D eigenvalue weighted by molar-refractivity contribution is -0.503. The molecule has 48 heavy (non-hydrogen) atoms. The van der Waals surface area contributed by atoms with Crippen LogP contribution < -0.4 is 4.74 Å². The highest BCUT2D eigenvalue weighted by atomic mass is 19.4. The molecule has 19 heteroatoms. The van der Waals surface area contributed by atoms with Crippen LogP contribution in [0.2, 0.25) is 0 Å². The summed E-state index contributed by atoms with van der Waals surface area (Å²) in [5, 5.41) is 0. The van der Waals surface area contributed by atoms with Crippen molar-refractivity contribution in [2.24, 2.45) is 0 Å². The van der Waals surface area contributed by atoms with Crippen LogP contribution >= 0.6 is 0 Å². The maximum absolute atomic E-state index is 13.7. The standard InChI is InChI=1S/C29H32F14N2O3/c1-19(30)8-5-7-15-47-22-16-44-23(45-17-22)21-12-10-20(11-13-21)9-4-2-3-6-14-46-18-24(31,32)28(40,41)48-29(42,43)26(35,36)25(33,34)27(37,38)39/h10-13,16-17,19H,2-9,14-15,18H2,1H3/t19-/m1/s1. The minimum atomic E-state index is -7.67. The Hall–Kier alpha value is -2.96. The van der Waals surface area contributed by atoms with Crippen LogP contribution in [0, 0.1) is 0 Å². The van der Waals surface area contributed by atoms with Gasteiger partial charge in [-0.2, -0.15) is 57.1 Å². The number of unbranched alkanes of at least 4 members (excludes halogenated alkanes) is 4. The molecule has 1 aromatic heterocycles. The summed E-state index contributed by atoms with van der Waals surface area (Å²) in [5.41, 5.74) is 1.65. The van der Waals surface area contributed by atoms with Crippen molar-refractivity contribution in [3.63, 3.8) is 0 Å². The molecular formula is C29H32F14N2O3. The highest BCUT2D eigenvalue weighted by Gasteiger charge is 2.84. The fraction of sp³-hybridized carbons (Fsp3) is 0.655. The van der Waals surface area contributed by atoms with Crippen molar-refractivity contribution in [2.75, 3.05) is 19.8 Å². The Morgan fingerprint density at radius 3 is 1.79 bits per heavy atom. The lowest BCUT2D eigenvalue weighted by atomic mass is 10.0. The molecule has 0 unspecified atom stereocenters. The molecule has 0 aliphatic rings. The molecular weight excluding hydrogens is 690 g/mol. The number of benzene rings is 1. The quantitative estimate of drug-likeness (QED) is 0.0949. The van der Waals surface area contributed by atoms with E-state index in [-0.39, 0.29) is 6.42 Å². The van der Waals surface area contributed by atoms with E-state index in [1.54, 1.807) is 12.1 Å². The van der Waals surface area contributed by atoms with Crippen molar-refractivity contribution in [1.82, 2.24) is 9.97 Å². The van der Waals surface area contributed by atoms with Gasteiger partial charge in [0.15, 0.2) is 11.6 Å². The van der Waals surface area contributed by atoms with E-state index in [2.05, 4.69) is 14.7 Å². The van der Waals surface area contributed by atoms with Crippen LogP contribution in [0.3, 0.4) is 0 Å². The smallest absolute Gasteiger partial charge is 0.460 e. The second kappa shape index (κ2) is 16.6. The van der Waals surface area contributed by atoms with E-state index in [9.17, 15) is 61.5 Å². The summed E-state index contributed by atoms with van der Waals surface area (Å²) in [7, 11) is 0. The predicted molar refractivity (Wildman–Crippen MR) is 142 cm³/mol. The monoisotopic (exact) mass is 722 g/mol. The highest BCUT2D eigenvalue weighted by molar-refractivity contribution is 5.55. The van der Waals surface area contributed by atoms with Crippen LogP contribution in [0.15, 0.2) is 36.7 Å². The van der Waals surface area contributed by atoms with Gasteiger partial charge in [-0.05, 0) is 51.0 Å². The normalized spacial score (nSPS) is 14.3. The van der Waals surface area contributed by atoms with Crippen molar-refractivity contribution < 1.29 is 75.7 Å². The predicted octanol–water partition coefficient (Wildman–Crippen LogP) is 9.84. The summed E-state index contributed by atoms with van der Waals surface area (Å²) in [6.45, 7) is -1.14. The van der Waals surface area contributed by atoms with Gasteiger partial charge in [0.2, 0.25) is 0 Å². The van der Waals surface area contributed by atoms with E-state index in [0.717, 1.165) is 11.1 Å². The molecule has 0 spiro atoms. The van der Waals surface area contributed by atoms with Crippen LogP contribution in [0.4, 0.5) is 61.5 Å². The molecule has 0 fully saturated rings. The molecule has 0 radical (unpaired) electrons. The fourth-order valence-corrected chi connectivity index (χ4v) is 3.91. The minimum Gasteiger partial charge on any atom is -0.490 e. The van der Waals surface area contributed by atoms with Gasteiger partial charge in [-0.3, -0.25) is 0 Å². The summed E-state index contributed by atoms with van der Waals surface area (Å²) in [5.74, 6) is -20.2. The number of halogens is 14. The number of ether oxygens (including phenoxy) is 3. The first-order chi connectivity index (χ1) is 22.0. The van der Waals surface area contributed by atoms with Gasteiger partial charge in [-0.25, -0.2) is 19.1 Å². The van der Waals surface area contributed by atoms with Gasteiger partial charge >= 0.3 is 36.2 Å². The number of rotatable bonds is 21. The molecule has 0 aliphatic heterocycles. The van der Waals surface area contributed by atoms with Crippen LogP contribution in [-0.2, 0) is 15.9 Å². The molecule has 274 valence electrons. The summed E-state index contributed by atoms with van der Waals surface area (Å²) in [4.78, 5) is 8.51. The third-order valence-electron chi connectivity index (χ3n) is 6.69. The highest BCUT2D eigenvalue weighted by Crippen LogP contribution is 2.55. The third-order valence-corrected chi connectivity index (χ3v) is 6.69. The molecule has 0 amide bonds. The molecule has 5 nitrogen and oxygen atoms in total. The Morgan fingerprint density at radius 2 is 1.23 bits per heavy atom. The molecule has 2 rings (SSSR count). The van der Waals surface area contributed by atoms with Gasteiger partial charge in [-0.1, -0.05) is 37.1 Å². The van der Waals surface area contributed by atoms with Crippen molar-refractivity contribution in [3.8, 4) is 17.1 Å². The second-order valence-corrected chi connectivity index (χ2v) is 10.8. The molecule has 0 aliphatic carbocycles. The fourth-order valence-electron chi connectivity index (χ4n) is 3.91. The molecule has 1 heterocycles. The maximum atomic E-state index is 13.7. The van der Waals surface area contributed by atoms with Crippen LogP contribution in [0.5, 0.6) is 5.75 Å². The third kappa shape index (κ3) is 11.0. The first kappa shape index (κ1) is 41.2. The van der Waals surface area contributed by atoms with Gasteiger partial charge in [0, 0.05) is 12.2 Å². The van der Waals surface area contributed by atoms with E-state index >= 15 is 0 Å². The molecule has 0 N–H and O–H groups in total. The lowest BCUT2D eigenvalue weighted by Crippen LogP contribution is -2.64. The zero-order valence-electron chi connectivity index (χ0n) is 25.2. The van der Waals surface area contributed by atoms with Gasteiger partial charge in [0.05, 0.1) is 25.2 Å². The molecule has 0 bridgehead atoms. The summed E-state index contributed by atoms with van der Waals surface area (Å²) in [6.07, 6.45) is -15.3. The van der Waals surface area contributed by atoms with Crippen molar-refractivity contribution >= 4 is 0 Å². The second-order valence-electron chi connectivity index (χ2n) is 10.8. The Labute approximate surface area is 266 Å². The van der Waals surface area contributed by atoms with Gasteiger partial charge in [0.25, 0.3) is 0 Å². The number of hydrogen-bond donors (Lipinski definition) is 0. The van der Waals surface area contributed by atoms with Gasteiger partial charge in [0.1, 0.15) is 6.61 Å².